The van der Waals surface area contributed by atoms with Crippen LogP contribution in [0.1, 0.15) is 25.7 Å². The lowest BCUT2D eigenvalue weighted by molar-refractivity contribution is -0.140. The molecule has 3 N–H and O–H groups in total. The van der Waals surface area contributed by atoms with Crippen LogP contribution in [0.15, 0.2) is 15.7 Å². The Hall–Kier alpha value is -2.56. The molecule has 1 saturated carbocycles. The summed E-state index contributed by atoms with van der Waals surface area (Å²) in [5, 5.41) is -0.0112. The van der Waals surface area contributed by atoms with E-state index in [1.165, 1.54) is 11.7 Å². The van der Waals surface area contributed by atoms with Gasteiger partial charge in [0, 0.05) is 25.7 Å². The van der Waals surface area contributed by atoms with E-state index in [0.717, 1.165) is 18.9 Å². The molecule has 170 valence electrons. The van der Waals surface area contributed by atoms with Gasteiger partial charge in [0.25, 0.3) is 5.56 Å². The largest absolute Gasteiger partial charge is 0.492 e. The van der Waals surface area contributed by atoms with Crippen molar-refractivity contribution in [3.05, 3.63) is 32.7 Å². The molecule has 0 radical (unpaired) electrons. The number of nitrogens with zero attached hydrogens (tertiary/aromatic N) is 2. The number of benzene rings is 1. The Morgan fingerprint density at radius 2 is 2.00 bits per heavy atom. The first-order chi connectivity index (χ1) is 14.6. The zero-order chi connectivity index (χ0) is 22.5. The molecule has 4 rings (SSSR count). The normalized spacial score (nSPS) is 20.5. The third kappa shape index (κ3) is 4.28. The number of anilines is 1. The molecular weight excluding hydrogens is 420 g/mol. The quantitative estimate of drug-likeness (QED) is 0.668. The van der Waals surface area contributed by atoms with Crippen LogP contribution in [-0.2, 0) is 6.54 Å². The minimum Gasteiger partial charge on any atom is -0.492 e. The molecule has 2 unspecified atom stereocenters. The molecule has 2 fully saturated rings. The molecule has 1 aliphatic carbocycles. The third-order valence-electron chi connectivity index (χ3n) is 6.12. The van der Waals surface area contributed by atoms with Gasteiger partial charge in [-0.2, -0.15) is 13.2 Å². The molecule has 0 amide bonds. The van der Waals surface area contributed by atoms with Crippen molar-refractivity contribution in [3.8, 4) is 5.75 Å². The average Bonchev–Trinajstić information content (AvgIpc) is 3.36. The SMILES string of the molecule is COc1c(N2CCC(C(N)CC(F)(F)F)C2)c(F)cc2c(=O)[nH]c(=O)n(CC3CC3)c12. The Morgan fingerprint density at radius 3 is 2.61 bits per heavy atom. The maximum atomic E-state index is 15.1. The number of rotatable bonds is 6. The van der Waals surface area contributed by atoms with Gasteiger partial charge in [-0.1, -0.05) is 0 Å². The van der Waals surface area contributed by atoms with Crippen LogP contribution >= 0.6 is 0 Å². The number of halogens is 4. The van der Waals surface area contributed by atoms with Crippen molar-refractivity contribution in [2.75, 3.05) is 25.1 Å². The monoisotopic (exact) mass is 444 g/mol. The van der Waals surface area contributed by atoms with Crippen LogP contribution in [0.4, 0.5) is 23.2 Å². The summed E-state index contributed by atoms with van der Waals surface area (Å²) in [4.78, 5) is 28.7. The second-order valence-corrected chi connectivity index (χ2v) is 8.43. The Labute approximate surface area is 174 Å². The molecule has 2 aliphatic rings. The van der Waals surface area contributed by atoms with E-state index in [-0.39, 0.29) is 35.4 Å². The van der Waals surface area contributed by atoms with Crippen LogP contribution in [0.2, 0.25) is 0 Å². The Kier molecular flexibility index (Phi) is 5.48. The number of hydrogen-bond acceptors (Lipinski definition) is 5. The number of fused-ring (bicyclic) bond motifs is 1. The summed E-state index contributed by atoms with van der Waals surface area (Å²) in [6.07, 6.45) is -3.22. The van der Waals surface area contributed by atoms with Crippen molar-refractivity contribution in [2.24, 2.45) is 17.6 Å². The fraction of sp³-hybridized carbons (Fsp3) is 0.600. The molecule has 0 spiro atoms. The van der Waals surface area contributed by atoms with Crippen molar-refractivity contribution in [1.82, 2.24) is 9.55 Å². The van der Waals surface area contributed by atoms with Crippen molar-refractivity contribution in [2.45, 2.75) is 44.4 Å². The Balaban J connectivity index is 1.77. The van der Waals surface area contributed by atoms with Crippen molar-refractivity contribution >= 4 is 16.6 Å². The molecule has 7 nitrogen and oxygen atoms in total. The van der Waals surface area contributed by atoms with Gasteiger partial charge in [-0.25, -0.2) is 9.18 Å². The molecule has 1 aromatic heterocycles. The Bertz CT molecular complexity index is 1110. The zero-order valence-corrected chi connectivity index (χ0v) is 17.0. The summed E-state index contributed by atoms with van der Waals surface area (Å²) >= 11 is 0. The fourth-order valence-corrected chi connectivity index (χ4v) is 4.38. The first kappa shape index (κ1) is 21.7. The van der Waals surface area contributed by atoms with Gasteiger partial charge in [-0.15, -0.1) is 0 Å². The molecule has 1 aromatic carbocycles. The molecule has 0 bridgehead atoms. The lowest BCUT2D eigenvalue weighted by atomic mass is 9.97. The molecule has 1 saturated heterocycles. The predicted molar refractivity (Wildman–Crippen MR) is 107 cm³/mol. The summed E-state index contributed by atoms with van der Waals surface area (Å²) in [7, 11) is 1.31. The summed E-state index contributed by atoms with van der Waals surface area (Å²) in [6, 6.07) is -0.0481. The maximum absolute atomic E-state index is 15.1. The van der Waals surface area contributed by atoms with E-state index >= 15 is 4.39 Å². The van der Waals surface area contributed by atoms with E-state index in [2.05, 4.69) is 4.98 Å². The maximum Gasteiger partial charge on any atom is 0.390 e. The topological polar surface area (TPSA) is 93.3 Å². The summed E-state index contributed by atoms with van der Waals surface area (Å²) < 4.78 is 60.2. The van der Waals surface area contributed by atoms with E-state index in [1.807, 2.05) is 0 Å². The molecular formula is C20H24F4N4O3. The summed E-state index contributed by atoms with van der Waals surface area (Å²) in [6.45, 7) is 0.768. The van der Waals surface area contributed by atoms with Gasteiger partial charge in [0.05, 0.1) is 18.9 Å². The van der Waals surface area contributed by atoms with Crippen molar-refractivity contribution < 1.29 is 22.3 Å². The number of methoxy groups -OCH3 is 1. The first-order valence-electron chi connectivity index (χ1n) is 10.2. The average molecular weight is 444 g/mol. The number of ether oxygens (including phenoxy) is 1. The van der Waals surface area contributed by atoms with E-state index in [4.69, 9.17) is 10.5 Å². The van der Waals surface area contributed by atoms with Crippen LogP contribution in [0.3, 0.4) is 0 Å². The van der Waals surface area contributed by atoms with E-state index in [9.17, 15) is 22.8 Å². The van der Waals surface area contributed by atoms with Crippen molar-refractivity contribution in [1.29, 1.82) is 0 Å². The van der Waals surface area contributed by atoms with Gasteiger partial charge in [-0.3, -0.25) is 14.3 Å². The van der Waals surface area contributed by atoms with Gasteiger partial charge in [0.15, 0.2) is 11.6 Å². The van der Waals surface area contributed by atoms with Crippen LogP contribution in [-0.4, -0.2) is 42.0 Å². The van der Waals surface area contributed by atoms with Crippen LogP contribution in [0.5, 0.6) is 5.75 Å². The van der Waals surface area contributed by atoms with E-state index < -0.39 is 41.6 Å². The highest BCUT2D eigenvalue weighted by molar-refractivity contribution is 5.91. The number of hydrogen-bond donors (Lipinski definition) is 2. The lowest BCUT2D eigenvalue weighted by Crippen LogP contribution is -2.37. The first-order valence-corrected chi connectivity index (χ1v) is 10.2. The third-order valence-corrected chi connectivity index (χ3v) is 6.12. The standard InChI is InChI=1S/C20H24F4N4O3/c1-31-17-15-12(18(29)26-19(30)28(15)8-10-2-3-10)6-13(21)16(17)27-5-4-11(9-27)14(25)7-20(22,23)24/h6,10-11,14H,2-5,7-9,25H2,1H3,(H,26,29,30). The highest BCUT2D eigenvalue weighted by Crippen LogP contribution is 2.41. The summed E-state index contributed by atoms with van der Waals surface area (Å²) in [5.41, 5.74) is 4.67. The van der Waals surface area contributed by atoms with Gasteiger partial charge in [-0.05, 0) is 37.2 Å². The molecule has 2 aromatic rings. The minimum atomic E-state index is -4.38. The minimum absolute atomic E-state index is 0.0112. The zero-order valence-electron chi connectivity index (χ0n) is 17.0. The highest BCUT2D eigenvalue weighted by atomic mass is 19.4. The Morgan fingerprint density at radius 1 is 1.29 bits per heavy atom. The smallest absolute Gasteiger partial charge is 0.390 e. The number of aromatic amines is 1. The van der Waals surface area contributed by atoms with Crippen molar-refractivity contribution in [3.63, 3.8) is 0 Å². The number of H-pyrrole nitrogens is 1. The van der Waals surface area contributed by atoms with Crippen LogP contribution < -0.4 is 26.6 Å². The molecule has 2 heterocycles. The molecule has 31 heavy (non-hydrogen) atoms. The van der Waals surface area contributed by atoms with Gasteiger partial charge in [0.2, 0.25) is 0 Å². The summed E-state index contributed by atoms with van der Waals surface area (Å²) in [5.74, 6) is -0.892. The fourth-order valence-electron chi connectivity index (χ4n) is 4.38. The number of nitrogens with one attached hydrogen (secondary N) is 1. The van der Waals surface area contributed by atoms with Gasteiger partial charge in [0.1, 0.15) is 11.2 Å². The van der Waals surface area contributed by atoms with E-state index in [1.54, 1.807) is 4.90 Å². The molecule has 11 heteroatoms. The van der Waals surface area contributed by atoms with Gasteiger partial charge < -0.3 is 15.4 Å². The van der Waals surface area contributed by atoms with Gasteiger partial charge >= 0.3 is 11.9 Å². The number of alkyl halides is 3. The highest BCUT2D eigenvalue weighted by Gasteiger charge is 2.38. The second kappa shape index (κ2) is 7.85. The molecule has 2 atom stereocenters. The predicted octanol–water partition coefficient (Wildman–Crippen LogP) is 2.35. The van der Waals surface area contributed by atoms with Crippen LogP contribution in [0.25, 0.3) is 10.9 Å². The molecule has 1 aliphatic heterocycles. The lowest BCUT2D eigenvalue weighted by Gasteiger charge is -2.25. The number of nitrogens with two attached hydrogens (primary N) is 1. The van der Waals surface area contributed by atoms with E-state index in [0.29, 0.717) is 18.9 Å². The second-order valence-electron chi connectivity index (χ2n) is 8.43. The number of aromatic nitrogens is 2. The van der Waals surface area contributed by atoms with Crippen LogP contribution in [0, 0.1) is 17.7 Å².